The lowest BCUT2D eigenvalue weighted by molar-refractivity contribution is 0.477. The van der Waals surface area contributed by atoms with Crippen LogP contribution in [0.4, 0.5) is 5.69 Å². The maximum atomic E-state index is 9.42. The Morgan fingerprint density at radius 2 is 2.14 bits per heavy atom. The van der Waals surface area contributed by atoms with Crippen molar-refractivity contribution >= 4 is 11.9 Å². The molecule has 0 amide bonds. The third-order valence-electron chi connectivity index (χ3n) is 1.82. The summed E-state index contributed by atoms with van der Waals surface area (Å²) in [6.07, 6.45) is 4.85. The molecule has 0 fully saturated rings. The molecule has 0 radical (unpaired) electrons. The van der Waals surface area contributed by atoms with Gasteiger partial charge in [-0.2, -0.15) is 0 Å². The Labute approximate surface area is 84.6 Å². The Hall–Kier alpha value is -1.57. The highest BCUT2D eigenvalue weighted by Gasteiger charge is 1.94. The average molecular weight is 189 g/mol. The van der Waals surface area contributed by atoms with Gasteiger partial charge in [0, 0.05) is 6.21 Å². The molecule has 2 heteroatoms. The number of hydrogen-bond acceptors (Lipinski definition) is 2. The SMILES string of the molecule is CC/C=C(\C)C=Nc1ccccc1O. The van der Waals surface area contributed by atoms with Crippen molar-refractivity contribution in [2.24, 2.45) is 4.99 Å². The zero-order chi connectivity index (χ0) is 10.4. The molecule has 0 aliphatic heterocycles. The smallest absolute Gasteiger partial charge is 0.141 e. The van der Waals surface area contributed by atoms with Crippen LogP contribution in [0.2, 0.25) is 0 Å². The topological polar surface area (TPSA) is 32.6 Å². The first-order valence-corrected chi connectivity index (χ1v) is 4.73. The van der Waals surface area contributed by atoms with Crippen molar-refractivity contribution in [1.29, 1.82) is 0 Å². The van der Waals surface area contributed by atoms with Crippen LogP contribution in [0.5, 0.6) is 5.75 Å². The molecule has 1 N–H and O–H groups in total. The van der Waals surface area contributed by atoms with Crippen LogP contribution in [0.3, 0.4) is 0 Å². The van der Waals surface area contributed by atoms with Crippen molar-refractivity contribution in [3.63, 3.8) is 0 Å². The number of allylic oxidation sites excluding steroid dienone is 2. The Morgan fingerprint density at radius 3 is 2.79 bits per heavy atom. The predicted molar refractivity (Wildman–Crippen MR) is 60.3 cm³/mol. The van der Waals surface area contributed by atoms with Gasteiger partial charge in [-0.25, -0.2) is 0 Å². The number of hydrogen-bond donors (Lipinski definition) is 1. The van der Waals surface area contributed by atoms with Crippen molar-refractivity contribution in [3.05, 3.63) is 35.9 Å². The Bertz CT molecular complexity index is 353. The van der Waals surface area contributed by atoms with E-state index in [1.807, 2.05) is 13.0 Å². The maximum Gasteiger partial charge on any atom is 0.141 e. The number of benzene rings is 1. The lowest BCUT2D eigenvalue weighted by Gasteiger charge is -1.96. The summed E-state index contributed by atoms with van der Waals surface area (Å²) in [4.78, 5) is 4.18. The van der Waals surface area contributed by atoms with Gasteiger partial charge in [-0.3, -0.25) is 4.99 Å². The summed E-state index contributed by atoms with van der Waals surface area (Å²) in [6.45, 7) is 4.07. The minimum absolute atomic E-state index is 0.216. The maximum absolute atomic E-state index is 9.42. The van der Waals surface area contributed by atoms with Gasteiger partial charge in [-0.05, 0) is 31.1 Å². The van der Waals surface area contributed by atoms with Crippen LogP contribution in [-0.2, 0) is 0 Å². The molecular weight excluding hydrogens is 174 g/mol. The number of para-hydroxylation sites is 2. The summed E-state index contributed by atoms with van der Waals surface area (Å²) in [7, 11) is 0. The van der Waals surface area contributed by atoms with Crippen LogP contribution >= 0.6 is 0 Å². The highest BCUT2D eigenvalue weighted by molar-refractivity contribution is 5.81. The minimum Gasteiger partial charge on any atom is -0.506 e. The normalized spacial score (nSPS) is 12.3. The van der Waals surface area contributed by atoms with Gasteiger partial charge < -0.3 is 5.11 Å². The van der Waals surface area contributed by atoms with E-state index in [-0.39, 0.29) is 5.75 Å². The van der Waals surface area contributed by atoms with E-state index in [9.17, 15) is 5.11 Å². The van der Waals surface area contributed by atoms with E-state index in [0.29, 0.717) is 5.69 Å². The molecule has 0 atom stereocenters. The molecule has 74 valence electrons. The van der Waals surface area contributed by atoms with Crippen LogP contribution in [0, 0.1) is 0 Å². The number of nitrogens with zero attached hydrogens (tertiary/aromatic N) is 1. The number of rotatable bonds is 3. The summed E-state index contributed by atoms with van der Waals surface area (Å²) in [5.74, 6) is 0.216. The third kappa shape index (κ3) is 3.05. The molecular formula is C12H15NO. The van der Waals surface area contributed by atoms with E-state index in [2.05, 4.69) is 18.0 Å². The van der Waals surface area contributed by atoms with Gasteiger partial charge in [0.1, 0.15) is 11.4 Å². The summed E-state index contributed by atoms with van der Waals surface area (Å²) in [5, 5.41) is 9.42. The fourth-order valence-corrected chi connectivity index (χ4v) is 1.12. The van der Waals surface area contributed by atoms with Gasteiger partial charge in [-0.1, -0.05) is 25.1 Å². The third-order valence-corrected chi connectivity index (χ3v) is 1.82. The van der Waals surface area contributed by atoms with E-state index in [4.69, 9.17) is 0 Å². The first-order valence-electron chi connectivity index (χ1n) is 4.73. The fourth-order valence-electron chi connectivity index (χ4n) is 1.12. The molecule has 0 aliphatic carbocycles. The summed E-state index contributed by atoms with van der Waals surface area (Å²) < 4.78 is 0. The molecule has 2 nitrogen and oxygen atoms in total. The first kappa shape index (κ1) is 10.5. The van der Waals surface area contributed by atoms with Crippen molar-refractivity contribution in [2.45, 2.75) is 20.3 Å². The largest absolute Gasteiger partial charge is 0.506 e. The van der Waals surface area contributed by atoms with Crippen LogP contribution in [0.25, 0.3) is 0 Å². The Kier molecular flexibility index (Phi) is 3.92. The van der Waals surface area contributed by atoms with Crippen LogP contribution in [0.1, 0.15) is 20.3 Å². The average Bonchev–Trinajstić information content (AvgIpc) is 2.17. The molecule has 0 saturated heterocycles. The van der Waals surface area contributed by atoms with Gasteiger partial charge in [0.05, 0.1) is 0 Å². The molecule has 0 saturated carbocycles. The second-order valence-electron chi connectivity index (χ2n) is 3.10. The van der Waals surface area contributed by atoms with Crippen LogP contribution in [0.15, 0.2) is 40.9 Å². The molecule has 14 heavy (non-hydrogen) atoms. The molecule has 0 bridgehead atoms. The molecule has 0 unspecified atom stereocenters. The van der Waals surface area contributed by atoms with E-state index >= 15 is 0 Å². The van der Waals surface area contributed by atoms with E-state index in [1.54, 1.807) is 24.4 Å². The van der Waals surface area contributed by atoms with Crippen molar-refractivity contribution < 1.29 is 5.11 Å². The van der Waals surface area contributed by atoms with Gasteiger partial charge in [0.25, 0.3) is 0 Å². The van der Waals surface area contributed by atoms with Gasteiger partial charge in [0.2, 0.25) is 0 Å². The van der Waals surface area contributed by atoms with E-state index in [1.165, 1.54) is 0 Å². The second kappa shape index (κ2) is 5.22. The summed E-state index contributed by atoms with van der Waals surface area (Å²) in [6, 6.07) is 7.05. The molecule has 1 aromatic rings. The minimum atomic E-state index is 0.216. The van der Waals surface area contributed by atoms with Gasteiger partial charge in [0.15, 0.2) is 0 Å². The number of aromatic hydroxyl groups is 1. The molecule has 1 rings (SSSR count). The zero-order valence-electron chi connectivity index (χ0n) is 8.57. The molecule has 0 aromatic heterocycles. The van der Waals surface area contributed by atoms with Gasteiger partial charge in [-0.15, -0.1) is 0 Å². The molecule has 1 aromatic carbocycles. The number of phenolic OH excluding ortho intramolecular Hbond substituents is 1. The number of aliphatic imine (C=N–C) groups is 1. The van der Waals surface area contributed by atoms with Crippen LogP contribution < -0.4 is 0 Å². The summed E-state index contributed by atoms with van der Waals surface area (Å²) in [5.41, 5.74) is 1.71. The lowest BCUT2D eigenvalue weighted by Crippen LogP contribution is -1.76. The van der Waals surface area contributed by atoms with Crippen molar-refractivity contribution in [2.75, 3.05) is 0 Å². The summed E-state index contributed by atoms with van der Waals surface area (Å²) >= 11 is 0. The predicted octanol–water partition coefficient (Wildman–Crippen LogP) is 3.45. The van der Waals surface area contributed by atoms with Gasteiger partial charge >= 0.3 is 0 Å². The molecule has 0 heterocycles. The lowest BCUT2D eigenvalue weighted by atomic mass is 10.2. The van der Waals surface area contributed by atoms with E-state index < -0.39 is 0 Å². The zero-order valence-corrected chi connectivity index (χ0v) is 8.57. The highest BCUT2D eigenvalue weighted by atomic mass is 16.3. The standard InChI is InChI=1S/C12H15NO/c1-3-6-10(2)9-13-11-7-4-5-8-12(11)14/h4-9,14H,3H2,1-2H3/b10-6+,13-9?. The van der Waals surface area contributed by atoms with Crippen molar-refractivity contribution in [3.8, 4) is 5.75 Å². The highest BCUT2D eigenvalue weighted by Crippen LogP contribution is 2.24. The van der Waals surface area contributed by atoms with E-state index in [0.717, 1.165) is 12.0 Å². The second-order valence-corrected chi connectivity index (χ2v) is 3.10. The Balaban J connectivity index is 2.79. The monoisotopic (exact) mass is 189 g/mol. The quantitative estimate of drug-likeness (QED) is 0.726. The molecule has 0 aliphatic rings. The number of phenols is 1. The Morgan fingerprint density at radius 1 is 1.43 bits per heavy atom. The molecule has 0 spiro atoms. The first-order chi connectivity index (χ1) is 6.74. The van der Waals surface area contributed by atoms with Crippen molar-refractivity contribution in [1.82, 2.24) is 0 Å². The fraction of sp³-hybridized carbons (Fsp3) is 0.250. The van der Waals surface area contributed by atoms with Crippen LogP contribution in [-0.4, -0.2) is 11.3 Å².